The molecule has 5 N–H and O–H groups in total. The largest absolute Gasteiger partial charge is 0.494 e. The molecule has 0 aliphatic heterocycles. The highest BCUT2D eigenvalue weighted by atomic mass is 32.2. The molecule has 132 valence electrons. The van der Waals surface area contributed by atoms with Crippen molar-refractivity contribution < 1.29 is 22.7 Å². The van der Waals surface area contributed by atoms with Gasteiger partial charge in [0.05, 0.1) is 22.6 Å². The van der Waals surface area contributed by atoms with Crippen molar-refractivity contribution in [2.75, 3.05) is 11.3 Å². The predicted molar refractivity (Wildman–Crippen MR) is 91.9 cm³/mol. The number of benzene rings is 2. The second-order valence-electron chi connectivity index (χ2n) is 5.00. The summed E-state index contributed by atoms with van der Waals surface area (Å²) in [6.45, 7) is 2.28. The molecule has 0 fully saturated rings. The van der Waals surface area contributed by atoms with Gasteiger partial charge in [0.15, 0.2) is 0 Å². The minimum atomic E-state index is -3.89. The zero-order valence-corrected chi connectivity index (χ0v) is 14.2. The Kier molecular flexibility index (Phi) is 5.28. The van der Waals surface area contributed by atoms with Crippen molar-refractivity contribution in [2.45, 2.75) is 11.8 Å². The minimum Gasteiger partial charge on any atom is -0.494 e. The molecule has 9 heteroatoms. The molecule has 2 aromatic carbocycles. The molecule has 8 nitrogen and oxygen atoms in total. The molecular weight excluding hydrogens is 346 g/mol. The first kappa shape index (κ1) is 18.3. The lowest BCUT2D eigenvalue weighted by atomic mass is 10.1. The van der Waals surface area contributed by atoms with Gasteiger partial charge in [-0.05, 0) is 49.4 Å². The second kappa shape index (κ2) is 7.22. The average Bonchev–Trinajstić information content (AvgIpc) is 2.55. The van der Waals surface area contributed by atoms with Crippen LogP contribution >= 0.6 is 0 Å². The number of amides is 2. The third kappa shape index (κ3) is 4.27. The number of ether oxygens (including phenoxy) is 1. The first-order valence-electron chi connectivity index (χ1n) is 7.24. The maximum absolute atomic E-state index is 12.4. The van der Waals surface area contributed by atoms with E-state index < -0.39 is 21.8 Å². The molecule has 0 saturated carbocycles. The Morgan fingerprint density at radius 3 is 2.12 bits per heavy atom. The quantitative estimate of drug-likeness (QED) is 0.675. The summed E-state index contributed by atoms with van der Waals surface area (Å²) in [5.74, 6) is -1.19. The van der Waals surface area contributed by atoms with E-state index in [1.54, 1.807) is 0 Å². The third-order valence-corrected chi connectivity index (χ3v) is 4.64. The van der Waals surface area contributed by atoms with Gasteiger partial charge in [-0.25, -0.2) is 8.42 Å². The normalized spacial score (nSPS) is 10.9. The molecule has 0 radical (unpaired) electrons. The van der Waals surface area contributed by atoms with E-state index in [0.717, 1.165) is 6.07 Å². The van der Waals surface area contributed by atoms with Gasteiger partial charge in [0.2, 0.25) is 11.8 Å². The van der Waals surface area contributed by atoms with Crippen LogP contribution in [0.1, 0.15) is 27.6 Å². The van der Waals surface area contributed by atoms with Gasteiger partial charge in [-0.15, -0.1) is 0 Å². The summed E-state index contributed by atoms with van der Waals surface area (Å²) in [4.78, 5) is 22.7. The van der Waals surface area contributed by atoms with Gasteiger partial charge in [0.1, 0.15) is 5.75 Å². The predicted octanol–water partition coefficient (Wildman–Crippen LogP) is 1.08. The summed E-state index contributed by atoms with van der Waals surface area (Å²) in [6, 6.07) is 9.55. The van der Waals surface area contributed by atoms with Gasteiger partial charge in [-0.3, -0.25) is 14.3 Å². The third-order valence-electron chi connectivity index (χ3n) is 3.25. The van der Waals surface area contributed by atoms with E-state index >= 15 is 0 Å². The summed E-state index contributed by atoms with van der Waals surface area (Å²) in [6.07, 6.45) is 0. The van der Waals surface area contributed by atoms with E-state index in [0.29, 0.717) is 12.4 Å². The molecule has 0 saturated heterocycles. The Bertz CT molecular complexity index is 908. The van der Waals surface area contributed by atoms with Gasteiger partial charge in [0, 0.05) is 5.69 Å². The van der Waals surface area contributed by atoms with Crippen molar-refractivity contribution in [1.82, 2.24) is 0 Å². The lowest BCUT2D eigenvalue weighted by Gasteiger charge is -2.11. The molecule has 2 rings (SSSR count). The van der Waals surface area contributed by atoms with Crippen LogP contribution < -0.4 is 20.9 Å². The van der Waals surface area contributed by atoms with Crippen molar-refractivity contribution in [2.24, 2.45) is 11.5 Å². The zero-order chi connectivity index (χ0) is 18.6. The van der Waals surface area contributed by atoms with Crippen molar-refractivity contribution in [1.29, 1.82) is 0 Å². The topological polar surface area (TPSA) is 142 Å². The van der Waals surface area contributed by atoms with Crippen LogP contribution in [-0.4, -0.2) is 26.8 Å². The van der Waals surface area contributed by atoms with Gasteiger partial charge >= 0.3 is 0 Å². The molecule has 0 heterocycles. The summed E-state index contributed by atoms with van der Waals surface area (Å²) >= 11 is 0. The highest BCUT2D eigenvalue weighted by Crippen LogP contribution is 2.21. The minimum absolute atomic E-state index is 0.00977. The lowest BCUT2D eigenvalue weighted by molar-refractivity contribution is 0.0967. The molecular formula is C16H17N3O5S. The Morgan fingerprint density at radius 1 is 1.00 bits per heavy atom. The van der Waals surface area contributed by atoms with Crippen LogP contribution in [0, 0.1) is 0 Å². The monoisotopic (exact) mass is 363 g/mol. The summed E-state index contributed by atoms with van der Waals surface area (Å²) in [5.41, 5.74) is 10.2. The fourth-order valence-corrected chi connectivity index (χ4v) is 3.17. The first-order valence-corrected chi connectivity index (χ1v) is 8.72. The SMILES string of the molecule is CCOc1ccc(S(=O)(=O)Nc2ccc(C(N)=O)c(C(N)=O)c2)cc1. The molecule has 0 aliphatic rings. The number of primary amides is 2. The molecule has 2 amide bonds. The van der Waals surface area contributed by atoms with Gasteiger partial charge in [-0.2, -0.15) is 0 Å². The standard InChI is InChI=1S/C16H17N3O5S/c1-2-24-11-4-6-12(7-5-11)25(22,23)19-10-3-8-13(15(17)20)14(9-10)16(18)21/h3-9,19H,2H2,1H3,(H2,17,20)(H2,18,21). The maximum atomic E-state index is 12.4. The Labute approximate surface area is 144 Å². The highest BCUT2D eigenvalue weighted by Gasteiger charge is 2.18. The average molecular weight is 363 g/mol. The van der Waals surface area contributed by atoms with Crippen molar-refractivity contribution in [3.8, 4) is 5.75 Å². The van der Waals surface area contributed by atoms with Crippen LogP contribution in [-0.2, 0) is 10.0 Å². The molecule has 0 aromatic heterocycles. The smallest absolute Gasteiger partial charge is 0.261 e. The highest BCUT2D eigenvalue weighted by molar-refractivity contribution is 7.92. The van der Waals surface area contributed by atoms with Gasteiger partial charge in [0.25, 0.3) is 10.0 Å². The van der Waals surface area contributed by atoms with E-state index in [-0.39, 0.29) is 21.7 Å². The van der Waals surface area contributed by atoms with Crippen LogP contribution in [0.5, 0.6) is 5.75 Å². The number of nitrogens with one attached hydrogen (secondary N) is 1. The number of carbonyl (C=O) groups is 2. The fourth-order valence-electron chi connectivity index (χ4n) is 2.12. The van der Waals surface area contributed by atoms with E-state index in [1.165, 1.54) is 36.4 Å². The van der Waals surface area contributed by atoms with E-state index in [1.807, 2.05) is 6.92 Å². The molecule has 25 heavy (non-hydrogen) atoms. The number of nitrogens with two attached hydrogens (primary N) is 2. The zero-order valence-electron chi connectivity index (χ0n) is 13.4. The summed E-state index contributed by atoms with van der Waals surface area (Å²) < 4.78 is 32.4. The fraction of sp³-hybridized carbons (Fsp3) is 0.125. The van der Waals surface area contributed by atoms with E-state index in [2.05, 4.69) is 4.72 Å². The Morgan fingerprint density at radius 2 is 1.60 bits per heavy atom. The van der Waals surface area contributed by atoms with Crippen LogP contribution in [0.15, 0.2) is 47.4 Å². The molecule has 2 aromatic rings. The molecule has 0 aliphatic carbocycles. The second-order valence-corrected chi connectivity index (χ2v) is 6.68. The number of rotatable bonds is 7. The van der Waals surface area contributed by atoms with Gasteiger partial charge in [-0.1, -0.05) is 0 Å². The van der Waals surface area contributed by atoms with Crippen LogP contribution in [0.4, 0.5) is 5.69 Å². The Balaban J connectivity index is 2.32. The first-order chi connectivity index (χ1) is 11.7. The van der Waals surface area contributed by atoms with Crippen LogP contribution in [0.2, 0.25) is 0 Å². The van der Waals surface area contributed by atoms with E-state index in [9.17, 15) is 18.0 Å². The van der Waals surface area contributed by atoms with E-state index in [4.69, 9.17) is 16.2 Å². The molecule has 0 atom stereocenters. The number of carbonyl (C=O) groups excluding carboxylic acids is 2. The summed E-state index contributed by atoms with van der Waals surface area (Å²) in [5, 5.41) is 0. The Hall–Kier alpha value is -3.07. The lowest BCUT2D eigenvalue weighted by Crippen LogP contribution is -2.21. The van der Waals surface area contributed by atoms with Crippen molar-refractivity contribution in [3.63, 3.8) is 0 Å². The van der Waals surface area contributed by atoms with Crippen LogP contribution in [0.3, 0.4) is 0 Å². The number of anilines is 1. The summed E-state index contributed by atoms with van der Waals surface area (Å²) in [7, 11) is -3.89. The number of sulfonamides is 1. The van der Waals surface area contributed by atoms with Gasteiger partial charge < -0.3 is 16.2 Å². The molecule has 0 unspecified atom stereocenters. The number of hydrogen-bond donors (Lipinski definition) is 3. The van der Waals surface area contributed by atoms with Crippen molar-refractivity contribution in [3.05, 3.63) is 53.6 Å². The van der Waals surface area contributed by atoms with Crippen molar-refractivity contribution >= 4 is 27.5 Å². The maximum Gasteiger partial charge on any atom is 0.261 e. The van der Waals surface area contributed by atoms with Crippen LogP contribution in [0.25, 0.3) is 0 Å². The molecule has 0 bridgehead atoms. The molecule has 0 spiro atoms. The number of hydrogen-bond acceptors (Lipinski definition) is 5.